The van der Waals surface area contributed by atoms with Gasteiger partial charge in [-0.3, -0.25) is 0 Å². The number of nitrogens with one attached hydrogen (secondary N) is 2. The highest BCUT2D eigenvalue weighted by Gasteiger charge is 2.26. The monoisotopic (exact) mass is 216 g/mol. The lowest BCUT2D eigenvalue weighted by molar-refractivity contribution is -0.139. The summed E-state index contributed by atoms with van der Waals surface area (Å²) in [5, 5.41) is 6.52. The van der Waals surface area contributed by atoms with Crippen LogP contribution in [-0.4, -0.2) is 30.3 Å². The first-order valence-corrected chi connectivity index (χ1v) is 5.36. The standard InChI is InChI=1S/C9H16N2O2S/c1-2-3-5-10-9(14)11-7-4-6-13-8(7)12/h7H,2-6H2,1H3,(H2,10,11,14). The molecule has 14 heavy (non-hydrogen) atoms. The van der Waals surface area contributed by atoms with E-state index in [1.807, 2.05) is 0 Å². The van der Waals surface area contributed by atoms with Gasteiger partial charge in [0.1, 0.15) is 6.04 Å². The Morgan fingerprint density at radius 2 is 2.50 bits per heavy atom. The zero-order valence-electron chi connectivity index (χ0n) is 8.34. The quantitative estimate of drug-likeness (QED) is 0.409. The van der Waals surface area contributed by atoms with Crippen molar-refractivity contribution in [3.63, 3.8) is 0 Å². The summed E-state index contributed by atoms with van der Waals surface area (Å²) in [7, 11) is 0. The van der Waals surface area contributed by atoms with Crippen LogP contribution in [0.5, 0.6) is 0 Å². The number of carbonyl (C=O) groups excluding carboxylic acids is 1. The molecule has 1 rings (SSSR count). The SMILES string of the molecule is CCCCNC(=S)NC1CCOC1=O. The van der Waals surface area contributed by atoms with E-state index in [9.17, 15) is 4.79 Å². The van der Waals surface area contributed by atoms with Crippen molar-refractivity contribution in [1.29, 1.82) is 0 Å². The highest BCUT2D eigenvalue weighted by Crippen LogP contribution is 2.04. The van der Waals surface area contributed by atoms with Crippen LogP contribution in [0.1, 0.15) is 26.2 Å². The fraction of sp³-hybridized carbons (Fsp3) is 0.778. The van der Waals surface area contributed by atoms with Gasteiger partial charge in [0.25, 0.3) is 0 Å². The highest BCUT2D eigenvalue weighted by atomic mass is 32.1. The average molecular weight is 216 g/mol. The molecule has 1 heterocycles. The van der Waals surface area contributed by atoms with Crippen molar-refractivity contribution < 1.29 is 9.53 Å². The minimum Gasteiger partial charge on any atom is -0.464 e. The Labute approximate surface area is 89.4 Å². The molecule has 0 spiro atoms. The largest absolute Gasteiger partial charge is 0.464 e. The molecule has 80 valence electrons. The Hall–Kier alpha value is -0.840. The number of thiocarbonyl (C=S) groups is 1. The number of carbonyl (C=O) groups is 1. The van der Waals surface area contributed by atoms with Crippen molar-refractivity contribution in [3.05, 3.63) is 0 Å². The zero-order chi connectivity index (χ0) is 10.4. The van der Waals surface area contributed by atoms with Crippen molar-refractivity contribution in [3.8, 4) is 0 Å². The van der Waals surface area contributed by atoms with E-state index in [0.29, 0.717) is 18.1 Å². The number of unbranched alkanes of at least 4 members (excludes halogenated alkanes) is 1. The molecule has 0 aromatic rings. The second-order valence-electron chi connectivity index (χ2n) is 3.26. The third-order valence-corrected chi connectivity index (χ3v) is 2.32. The molecule has 1 saturated heterocycles. The van der Waals surface area contributed by atoms with Gasteiger partial charge in [-0.25, -0.2) is 4.79 Å². The Morgan fingerprint density at radius 3 is 3.07 bits per heavy atom. The van der Waals surface area contributed by atoms with E-state index in [-0.39, 0.29) is 12.0 Å². The summed E-state index contributed by atoms with van der Waals surface area (Å²) in [6.07, 6.45) is 2.91. The van der Waals surface area contributed by atoms with E-state index in [1.165, 1.54) is 0 Å². The molecule has 1 fully saturated rings. The molecule has 0 radical (unpaired) electrons. The summed E-state index contributed by atoms with van der Waals surface area (Å²) in [6.45, 7) is 3.46. The molecular weight excluding hydrogens is 200 g/mol. The van der Waals surface area contributed by atoms with E-state index >= 15 is 0 Å². The topological polar surface area (TPSA) is 50.4 Å². The van der Waals surface area contributed by atoms with E-state index < -0.39 is 0 Å². The summed E-state index contributed by atoms with van der Waals surface area (Å²) >= 11 is 5.03. The first-order chi connectivity index (χ1) is 6.74. The Morgan fingerprint density at radius 1 is 1.71 bits per heavy atom. The lowest BCUT2D eigenvalue weighted by Gasteiger charge is -2.12. The Balaban J connectivity index is 2.16. The van der Waals surface area contributed by atoms with Gasteiger partial charge in [0.15, 0.2) is 5.11 Å². The van der Waals surface area contributed by atoms with Crippen molar-refractivity contribution in [2.45, 2.75) is 32.2 Å². The van der Waals surface area contributed by atoms with Gasteiger partial charge in [-0.2, -0.15) is 0 Å². The fourth-order valence-electron chi connectivity index (χ4n) is 1.21. The number of hydrogen-bond donors (Lipinski definition) is 2. The average Bonchev–Trinajstić information content (AvgIpc) is 2.52. The third-order valence-electron chi connectivity index (χ3n) is 2.06. The van der Waals surface area contributed by atoms with Crippen molar-refractivity contribution >= 4 is 23.3 Å². The van der Waals surface area contributed by atoms with Crippen LogP contribution in [0, 0.1) is 0 Å². The van der Waals surface area contributed by atoms with Crippen LogP contribution in [0.3, 0.4) is 0 Å². The number of hydrogen-bond acceptors (Lipinski definition) is 3. The smallest absolute Gasteiger partial charge is 0.328 e. The summed E-state index contributed by atoms with van der Waals surface area (Å²) in [4.78, 5) is 11.1. The van der Waals surface area contributed by atoms with Crippen molar-refractivity contribution in [2.24, 2.45) is 0 Å². The molecule has 1 unspecified atom stereocenters. The van der Waals surface area contributed by atoms with Gasteiger partial charge in [-0.15, -0.1) is 0 Å². The highest BCUT2D eigenvalue weighted by molar-refractivity contribution is 7.80. The van der Waals surface area contributed by atoms with Crippen LogP contribution < -0.4 is 10.6 Å². The second-order valence-corrected chi connectivity index (χ2v) is 3.67. The molecule has 5 heteroatoms. The summed E-state index contributed by atoms with van der Waals surface area (Å²) in [6, 6.07) is -0.253. The van der Waals surface area contributed by atoms with E-state index in [4.69, 9.17) is 17.0 Å². The summed E-state index contributed by atoms with van der Waals surface area (Å²) < 4.78 is 4.80. The van der Waals surface area contributed by atoms with E-state index in [1.54, 1.807) is 0 Å². The van der Waals surface area contributed by atoms with Crippen molar-refractivity contribution in [1.82, 2.24) is 10.6 Å². The second kappa shape index (κ2) is 5.80. The summed E-state index contributed by atoms with van der Waals surface area (Å²) in [5.41, 5.74) is 0. The van der Waals surface area contributed by atoms with E-state index in [0.717, 1.165) is 19.4 Å². The third kappa shape index (κ3) is 3.49. The maximum absolute atomic E-state index is 11.1. The molecule has 4 nitrogen and oxygen atoms in total. The minimum atomic E-state index is -0.253. The number of ether oxygens (including phenoxy) is 1. The molecule has 1 atom stereocenters. The van der Waals surface area contributed by atoms with Crippen LogP contribution in [0.25, 0.3) is 0 Å². The van der Waals surface area contributed by atoms with Gasteiger partial charge < -0.3 is 15.4 Å². The van der Waals surface area contributed by atoms with E-state index in [2.05, 4.69) is 17.6 Å². The molecular formula is C9H16N2O2S. The predicted octanol–water partition coefficient (Wildman–Crippen LogP) is 0.566. The molecule has 0 aliphatic carbocycles. The van der Waals surface area contributed by atoms with Crippen LogP contribution in [0.15, 0.2) is 0 Å². The molecule has 0 aromatic carbocycles. The predicted molar refractivity (Wildman–Crippen MR) is 58.0 cm³/mol. The van der Waals surface area contributed by atoms with Crippen LogP contribution in [0.4, 0.5) is 0 Å². The first kappa shape index (κ1) is 11.2. The van der Waals surface area contributed by atoms with Gasteiger partial charge in [0.2, 0.25) is 0 Å². The number of rotatable bonds is 4. The van der Waals surface area contributed by atoms with Gasteiger partial charge in [0, 0.05) is 13.0 Å². The van der Waals surface area contributed by atoms with Crippen LogP contribution in [0.2, 0.25) is 0 Å². The minimum absolute atomic E-state index is 0.204. The normalized spacial score (nSPS) is 20.4. The molecule has 0 bridgehead atoms. The maximum atomic E-state index is 11.1. The zero-order valence-corrected chi connectivity index (χ0v) is 9.15. The molecule has 0 saturated carbocycles. The lowest BCUT2D eigenvalue weighted by atomic mass is 10.2. The van der Waals surface area contributed by atoms with Crippen LogP contribution >= 0.6 is 12.2 Å². The maximum Gasteiger partial charge on any atom is 0.328 e. The van der Waals surface area contributed by atoms with Gasteiger partial charge in [-0.05, 0) is 18.6 Å². The first-order valence-electron chi connectivity index (χ1n) is 4.95. The molecule has 2 N–H and O–H groups in total. The number of esters is 1. The molecule has 0 amide bonds. The van der Waals surface area contributed by atoms with Crippen LogP contribution in [-0.2, 0) is 9.53 Å². The van der Waals surface area contributed by atoms with Gasteiger partial charge >= 0.3 is 5.97 Å². The fourth-order valence-corrected chi connectivity index (χ4v) is 1.46. The van der Waals surface area contributed by atoms with Gasteiger partial charge in [-0.1, -0.05) is 13.3 Å². The Kier molecular flexibility index (Phi) is 4.65. The summed E-state index contributed by atoms with van der Waals surface area (Å²) in [5.74, 6) is -0.204. The lowest BCUT2D eigenvalue weighted by Crippen LogP contribution is -2.44. The molecule has 1 aliphatic heterocycles. The number of cyclic esters (lactones) is 1. The van der Waals surface area contributed by atoms with Gasteiger partial charge in [0.05, 0.1) is 6.61 Å². The Bertz CT molecular complexity index is 221. The molecule has 0 aromatic heterocycles. The molecule has 1 aliphatic rings. The van der Waals surface area contributed by atoms with Crippen molar-refractivity contribution in [2.75, 3.05) is 13.2 Å².